The fourth-order valence-electron chi connectivity index (χ4n) is 1.52. The van der Waals surface area contributed by atoms with E-state index in [0.29, 0.717) is 22.9 Å². The largest absolute Gasteiger partial charge is 0.497 e. The van der Waals surface area contributed by atoms with E-state index in [4.69, 9.17) is 10.5 Å². The number of nitrogens with one attached hydrogen (secondary N) is 2. The van der Waals surface area contributed by atoms with Gasteiger partial charge in [0.1, 0.15) is 11.0 Å². The van der Waals surface area contributed by atoms with Crippen LogP contribution in [0.5, 0.6) is 5.75 Å². The first-order valence-electron chi connectivity index (χ1n) is 6.33. The Kier molecular flexibility index (Phi) is 6.16. The molecular weight excluding hydrogens is 294 g/mol. The molecule has 0 saturated carbocycles. The van der Waals surface area contributed by atoms with Crippen LogP contribution in [0, 0.1) is 0 Å². The van der Waals surface area contributed by atoms with Crippen molar-refractivity contribution in [3.63, 3.8) is 0 Å². The molecule has 7 nitrogen and oxygen atoms in total. The minimum Gasteiger partial charge on any atom is -0.497 e. The molecule has 1 aromatic carbocycles. The second kappa shape index (κ2) is 7.63. The second-order valence-electron chi connectivity index (χ2n) is 4.19. The van der Waals surface area contributed by atoms with Crippen molar-refractivity contribution in [3.05, 3.63) is 18.2 Å². The van der Waals surface area contributed by atoms with Crippen LogP contribution >= 0.6 is 0 Å². The van der Waals surface area contributed by atoms with Crippen LogP contribution in [0.2, 0.25) is 0 Å². The summed E-state index contributed by atoms with van der Waals surface area (Å²) in [5, 5.41) is 3.62. The number of urea groups is 1. The molecule has 1 aromatic rings. The van der Waals surface area contributed by atoms with Gasteiger partial charge in [0.2, 0.25) is 5.91 Å². The van der Waals surface area contributed by atoms with Crippen molar-refractivity contribution in [2.24, 2.45) is 0 Å². The van der Waals surface area contributed by atoms with Crippen LogP contribution in [0.15, 0.2) is 23.1 Å². The van der Waals surface area contributed by atoms with Crippen LogP contribution in [0.4, 0.5) is 10.5 Å². The third kappa shape index (κ3) is 4.45. The highest BCUT2D eigenvalue weighted by molar-refractivity contribution is 7.86. The molecule has 0 spiro atoms. The van der Waals surface area contributed by atoms with Crippen molar-refractivity contribution >= 4 is 28.4 Å². The number of carbonyl (C=O) groups excluding carboxylic acids is 2. The summed E-state index contributed by atoms with van der Waals surface area (Å²) >= 11 is 0. The van der Waals surface area contributed by atoms with Crippen molar-refractivity contribution in [1.29, 1.82) is 0 Å². The van der Waals surface area contributed by atoms with Crippen molar-refractivity contribution in [3.8, 4) is 5.75 Å². The maximum atomic E-state index is 12.4. The normalized spacial score (nSPS) is 13.1. The molecule has 3 amide bonds. The molecule has 116 valence electrons. The predicted molar refractivity (Wildman–Crippen MR) is 80.5 cm³/mol. The molecule has 8 heteroatoms. The Morgan fingerprint density at radius 3 is 2.67 bits per heavy atom. The highest BCUT2D eigenvalue weighted by atomic mass is 32.2. The summed E-state index contributed by atoms with van der Waals surface area (Å²) in [7, 11) is -0.223. The van der Waals surface area contributed by atoms with Crippen molar-refractivity contribution in [2.75, 3.05) is 19.4 Å². The lowest BCUT2D eigenvalue weighted by atomic mass is 10.3. The van der Waals surface area contributed by atoms with Gasteiger partial charge in [-0.2, -0.15) is 0 Å². The number of anilines is 1. The number of hydrogen-bond acceptors (Lipinski definition) is 5. The number of imide groups is 1. The maximum Gasteiger partial charge on any atom is 0.321 e. The van der Waals surface area contributed by atoms with Gasteiger partial charge in [-0.15, -0.1) is 0 Å². The summed E-state index contributed by atoms with van der Waals surface area (Å²) in [5.74, 6) is -0.148. The van der Waals surface area contributed by atoms with Crippen molar-refractivity contribution in [1.82, 2.24) is 10.6 Å². The Morgan fingerprint density at radius 1 is 1.43 bits per heavy atom. The van der Waals surface area contributed by atoms with Gasteiger partial charge in [-0.1, -0.05) is 0 Å². The Morgan fingerprint density at radius 2 is 2.10 bits per heavy atom. The van der Waals surface area contributed by atoms with Gasteiger partial charge < -0.3 is 15.8 Å². The number of nitrogen functional groups attached to an aromatic ring is 1. The van der Waals surface area contributed by atoms with E-state index in [2.05, 4.69) is 10.6 Å². The number of carbonyl (C=O) groups is 2. The number of rotatable bonds is 5. The molecule has 2 atom stereocenters. The van der Waals surface area contributed by atoms with Crippen LogP contribution in [0.3, 0.4) is 0 Å². The van der Waals surface area contributed by atoms with E-state index in [9.17, 15) is 13.8 Å². The molecule has 0 aliphatic rings. The van der Waals surface area contributed by atoms with Crippen LogP contribution < -0.4 is 21.1 Å². The Labute approximate surface area is 125 Å². The van der Waals surface area contributed by atoms with E-state index in [1.807, 2.05) is 0 Å². The molecule has 1 rings (SSSR count). The number of nitrogens with two attached hydrogens (primary N) is 1. The van der Waals surface area contributed by atoms with Gasteiger partial charge >= 0.3 is 6.03 Å². The molecule has 0 fully saturated rings. The lowest BCUT2D eigenvalue weighted by Gasteiger charge is -2.14. The highest BCUT2D eigenvalue weighted by Crippen LogP contribution is 2.24. The molecule has 0 bridgehead atoms. The summed E-state index contributed by atoms with van der Waals surface area (Å²) in [5.41, 5.74) is 6.07. The Balaban J connectivity index is 2.87. The van der Waals surface area contributed by atoms with Gasteiger partial charge in [0.25, 0.3) is 0 Å². The molecule has 0 aromatic heterocycles. The molecule has 2 unspecified atom stereocenters. The first-order chi connectivity index (χ1) is 9.90. The first-order valence-corrected chi connectivity index (χ1v) is 7.54. The van der Waals surface area contributed by atoms with Gasteiger partial charge in [-0.3, -0.25) is 14.3 Å². The average Bonchev–Trinajstić information content (AvgIpc) is 2.46. The standard InChI is InChI=1S/C13H19N3O4S/c1-4-15-13(18)16-12(17)8(2)21(19)11-7-9(20-3)5-6-10(11)14/h5-8H,4,14H2,1-3H3,(H2,15,16,17,18). The Bertz CT molecular complexity index is 562. The Hall–Kier alpha value is -2.09. The maximum absolute atomic E-state index is 12.4. The van der Waals surface area contributed by atoms with Gasteiger partial charge in [-0.05, 0) is 32.0 Å². The van der Waals surface area contributed by atoms with Gasteiger partial charge in [0, 0.05) is 12.2 Å². The van der Waals surface area contributed by atoms with Crippen molar-refractivity contribution in [2.45, 2.75) is 24.0 Å². The summed E-state index contributed by atoms with van der Waals surface area (Å²) < 4.78 is 17.4. The van der Waals surface area contributed by atoms with Crippen LogP contribution in [-0.2, 0) is 15.6 Å². The predicted octanol–water partition coefficient (Wildman–Crippen LogP) is 0.619. The number of hydrogen-bond donors (Lipinski definition) is 3. The molecular formula is C13H19N3O4S. The van der Waals surface area contributed by atoms with Gasteiger partial charge in [-0.25, -0.2) is 4.79 Å². The fourth-order valence-corrected chi connectivity index (χ4v) is 2.69. The van der Waals surface area contributed by atoms with Crippen LogP contribution in [0.1, 0.15) is 13.8 Å². The van der Waals surface area contributed by atoms with E-state index in [-0.39, 0.29) is 0 Å². The van der Waals surface area contributed by atoms with Gasteiger partial charge in [0.05, 0.1) is 22.8 Å². The molecule has 0 aliphatic carbocycles. The first kappa shape index (κ1) is 17.0. The zero-order valence-corrected chi connectivity index (χ0v) is 13.0. The molecule has 4 N–H and O–H groups in total. The summed E-state index contributed by atoms with van der Waals surface area (Å²) in [6, 6.07) is 4.09. The second-order valence-corrected chi connectivity index (χ2v) is 5.93. The van der Waals surface area contributed by atoms with E-state index in [0.717, 1.165) is 0 Å². The van der Waals surface area contributed by atoms with Crippen molar-refractivity contribution < 1.29 is 18.5 Å². The monoisotopic (exact) mass is 313 g/mol. The van der Waals surface area contributed by atoms with Crippen LogP contribution in [-0.4, -0.2) is 35.1 Å². The SMILES string of the molecule is CCNC(=O)NC(=O)C(C)S(=O)c1cc(OC)ccc1N. The third-order valence-electron chi connectivity index (χ3n) is 2.70. The smallest absolute Gasteiger partial charge is 0.321 e. The van der Waals surface area contributed by atoms with E-state index in [1.54, 1.807) is 19.1 Å². The minimum atomic E-state index is -1.70. The molecule has 0 radical (unpaired) electrons. The minimum absolute atomic E-state index is 0.298. The summed E-state index contributed by atoms with van der Waals surface area (Å²) in [6.07, 6.45) is 0. The fraction of sp³-hybridized carbons (Fsp3) is 0.385. The highest BCUT2D eigenvalue weighted by Gasteiger charge is 2.24. The van der Waals surface area contributed by atoms with E-state index >= 15 is 0 Å². The quantitative estimate of drug-likeness (QED) is 0.690. The molecule has 0 saturated heterocycles. The van der Waals surface area contributed by atoms with E-state index < -0.39 is 28.0 Å². The average molecular weight is 313 g/mol. The van der Waals surface area contributed by atoms with E-state index in [1.165, 1.54) is 20.1 Å². The molecule has 0 aliphatic heterocycles. The number of benzene rings is 1. The number of amides is 3. The van der Waals surface area contributed by atoms with Crippen LogP contribution in [0.25, 0.3) is 0 Å². The summed E-state index contributed by atoms with van der Waals surface area (Å²) in [4.78, 5) is 23.5. The number of ether oxygens (including phenoxy) is 1. The third-order valence-corrected chi connectivity index (χ3v) is 4.35. The molecule has 21 heavy (non-hydrogen) atoms. The zero-order chi connectivity index (χ0) is 16.0. The topological polar surface area (TPSA) is 111 Å². The molecule has 0 heterocycles. The summed E-state index contributed by atoms with van der Waals surface area (Å²) in [6.45, 7) is 3.57. The lowest BCUT2D eigenvalue weighted by Crippen LogP contribution is -2.44. The van der Waals surface area contributed by atoms with Gasteiger partial charge in [0.15, 0.2) is 0 Å². The number of methoxy groups -OCH3 is 1. The lowest BCUT2D eigenvalue weighted by molar-refractivity contribution is -0.119. The zero-order valence-electron chi connectivity index (χ0n) is 12.1.